The molecule has 0 unspecified atom stereocenters. The lowest BCUT2D eigenvalue weighted by Crippen LogP contribution is -2.15. The zero-order chi connectivity index (χ0) is 18.1. The van der Waals surface area contributed by atoms with Gasteiger partial charge in [0.25, 0.3) is 5.91 Å². The molecule has 1 aliphatic carbocycles. The minimum atomic E-state index is -0.197. The second kappa shape index (κ2) is 6.59. The molecule has 4 rings (SSSR count). The maximum Gasteiger partial charge on any atom is 0.256 e. The number of nitrogens with zero attached hydrogens (tertiary/aromatic N) is 1. The van der Waals surface area contributed by atoms with E-state index in [9.17, 15) is 9.59 Å². The zero-order valence-corrected chi connectivity index (χ0v) is 14.5. The summed E-state index contributed by atoms with van der Waals surface area (Å²) in [7, 11) is 0. The van der Waals surface area contributed by atoms with Crippen LogP contribution in [0.4, 0.5) is 11.4 Å². The molecule has 0 saturated heterocycles. The summed E-state index contributed by atoms with van der Waals surface area (Å²) in [5.41, 5.74) is 3.50. The fourth-order valence-electron chi connectivity index (χ4n) is 2.96. The third-order valence-electron chi connectivity index (χ3n) is 4.42. The highest BCUT2D eigenvalue weighted by atomic mass is 16.2. The van der Waals surface area contributed by atoms with Crippen molar-refractivity contribution in [1.29, 1.82) is 0 Å². The number of para-hydroxylation sites is 1. The Balaban J connectivity index is 1.58. The molecule has 0 aliphatic heterocycles. The standard InChI is InChI=1S/C21H19N3O2/c1-13-11-18(17-7-2-3-8-19(17)22-13)21(26)24-16-6-4-5-15(12-16)23-20(25)14-9-10-14/h2-8,11-12,14H,9-10H2,1H3,(H,23,25)(H,24,26). The first kappa shape index (κ1) is 16.3. The highest BCUT2D eigenvalue weighted by Crippen LogP contribution is 2.30. The molecule has 26 heavy (non-hydrogen) atoms. The van der Waals surface area contributed by atoms with Gasteiger partial charge in [-0.3, -0.25) is 14.6 Å². The summed E-state index contributed by atoms with van der Waals surface area (Å²) in [6.45, 7) is 1.87. The van der Waals surface area contributed by atoms with E-state index < -0.39 is 0 Å². The topological polar surface area (TPSA) is 71.1 Å². The summed E-state index contributed by atoms with van der Waals surface area (Å²) >= 11 is 0. The summed E-state index contributed by atoms with van der Waals surface area (Å²) in [4.78, 5) is 29.2. The summed E-state index contributed by atoms with van der Waals surface area (Å²) in [5, 5.41) is 6.63. The number of rotatable bonds is 4. The number of nitrogens with one attached hydrogen (secondary N) is 2. The molecule has 5 nitrogen and oxygen atoms in total. The van der Waals surface area contributed by atoms with Gasteiger partial charge < -0.3 is 10.6 Å². The molecule has 0 bridgehead atoms. The fraction of sp³-hybridized carbons (Fsp3) is 0.190. The molecule has 1 fully saturated rings. The number of hydrogen-bond acceptors (Lipinski definition) is 3. The minimum absolute atomic E-state index is 0.0456. The van der Waals surface area contributed by atoms with Crippen molar-refractivity contribution in [2.24, 2.45) is 5.92 Å². The van der Waals surface area contributed by atoms with Gasteiger partial charge in [-0.25, -0.2) is 0 Å². The van der Waals surface area contributed by atoms with Gasteiger partial charge in [0.15, 0.2) is 0 Å². The Morgan fingerprint density at radius 1 is 0.962 bits per heavy atom. The lowest BCUT2D eigenvalue weighted by atomic mass is 10.1. The molecule has 1 aliphatic rings. The first-order valence-electron chi connectivity index (χ1n) is 8.69. The Labute approximate surface area is 151 Å². The number of carbonyl (C=O) groups excluding carboxylic acids is 2. The van der Waals surface area contributed by atoms with Gasteiger partial charge >= 0.3 is 0 Å². The maximum atomic E-state index is 12.8. The van der Waals surface area contributed by atoms with Gasteiger partial charge in [-0.05, 0) is 50.1 Å². The van der Waals surface area contributed by atoms with Gasteiger partial charge in [-0.1, -0.05) is 24.3 Å². The van der Waals surface area contributed by atoms with Crippen molar-refractivity contribution in [2.75, 3.05) is 10.6 Å². The zero-order valence-electron chi connectivity index (χ0n) is 14.5. The van der Waals surface area contributed by atoms with Crippen molar-refractivity contribution in [3.63, 3.8) is 0 Å². The van der Waals surface area contributed by atoms with Crippen LogP contribution in [0, 0.1) is 12.8 Å². The summed E-state index contributed by atoms with van der Waals surface area (Å²) in [5.74, 6) is -0.0130. The van der Waals surface area contributed by atoms with Gasteiger partial charge in [-0.15, -0.1) is 0 Å². The van der Waals surface area contributed by atoms with Crippen molar-refractivity contribution >= 4 is 34.1 Å². The van der Waals surface area contributed by atoms with Gasteiger partial charge in [0.1, 0.15) is 0 Å². The molecular formula is C21H19N3O2. The fourth-order valence-corrected chi connectivity index (χ4v) is 2.96. The highest BCUT2D eigenvalue weighted by molar-refractivity contribution is 6.12. The van der Waals surface area contributed by atoms with Crippen molar-refractivity contribution < 1.29 is 9.59 Å². The van der Waals surface area contributed by atoms with Crippen molar-refractivity contribution in [3.05, 3.63) is 65.9 Å². The average molecular weight is 345 g/mol. The quantitative estimate of drug-likeness (QED) is 0.746. The van der Waals surface area contributed by atoms with E-state index >= 15 is 0 Å². The third-order valence-corrected chi connectivity index (χ3v) is 4.42. The number of pyridine rings is 1. The van der Waals surface area contributed by atoms with Crippen LogP contribution in [0.25, 0.3) is 10.9 Å². The van der Waals surface area contributed by atoms with E-state index in [1.165, 1.54) is 0 Å². The first-order valence-corrected chi connectivity index (χ1v) is 8.69. The van der Waals surface area contributed by atoms with Crippen LogP contribution in [0.3, 0.4) is 0 Å². The molecule has 2 amide bonds. The van der Waals surface area contributed by atoms with Gasteiger partial charge in [0.05, 0.1) is 11.1 Å². The van der Waals surface area contributed by atoms with Gasteiger partial charge in [-0.2, -0.15) is 0 Å². The summed E-state index contributed by atoms with van der Waals surface area (Å²) in [6, 6.07) is 16.6. The van der Waals surface area contributed by atoms with Crippen LogP contribution in [-0.4, -0.2) is 16.8 Å². The number of anilines is 2. The van der Waals surface area contributed by atoms with Crippen LogP contribution >= 0.6 is 0 Å². The smallest absolute Gasteiger partial charge is 0.256 e. The highest BCUT2D eigenvalue weighted by Gasteiger charge is 2.29. The van der Waals surface area contributed by atoms with E-state index in [0.29, 0.717) is 16.9 Å². The normalized spacial score (nSPS) is 13.4. The Morgan fingerprint density at radius 3 is 2.46 bits per heavy atom. The monoisotopic (exact) mass is 345 g/mol. The molecule has 0 atom stereocenters. The molecule has 0 spiro atoms. The minimum Gasteiger partial charge on any atom is -0.326 e. The predicted octanol–water partition coefficient (Wildman–Crippen LogP) is 4.14. The Bertz CT molecular complexity index is 1010. The Hall–Kier alpha value is -3.21. The number of fused-ring (bicyclic) bond motifs is 1. The molecule has 2 N–H and O–H groups in total. The first-order chi connectivity index (χ1) is 12.6. The maximum absolute atomic E-state index is 12.8. The molecule has 2 aromatic carbocycles. The molecule has 3 aromatic rings. The summed E-state index contributed by atoms with van der Waals surface area (Å²) in [6.07, 6.45) is 1.91. The van der Waals surface area contributed by atoms with Crippen LogP contribution < -0.4 is 10.6 Å². The number of aromatic nitrogens is 1. The Kier molecular flexibility index (Phi) is 4.13. The third kappa shape index (κ3) is 3.42. The van der Waals surface area contributed by atoms with E-state index in [4.69, 9.17) is 0 Å². The number of carbonyl (C=O) groups is 2. The van der Waals surface area contributed by atoms with E-state index in [1.54, 1.807) is 18.2 Å². The van der Waals surface area contributed by atoms with Crippen molar-refractivity contribution in [3.8, 4) is 0 Å². The van der Waals surface area contributed by atoms with Crippen LogP contribution in [0.1, 0.15) is 28.9 Å². The molecular weight excluding hydrogens is 326 g/mol. The summed E-state index contributed by atoms with van der Waals surface area (Å²) < 4.78 is 0. The SMILES string of the molecule is Cc1cc(C(=O)Nc2cccc(NC(=O)C3CC3)c2)c2ccccc2n1. The number of benzene rings is 2. The van der Waals surface area contributed by atoms with Crippen molar-refractivity contribution in [2.45, 2.75) is 19.8 Å². The molecule has 1 aromatic heterocycles. The lowest BCUT2D eigenvalue weighted by Gasteiger charge is -2.11. The molecule has 1 heterocycles. The number of amides is 2. The van der Waals surface area contributed by atoms with Gasteiger partial charge in [0.2, 0.25) is 5.91 Å². The van der Waals surface area contributed by atoms with Crippen molar-refractivity contribution in [1.82, 2.24) is 4.98 Å². The predicted molar refractivity (Wildman–Crippen MR) is 102 cm³/mol. The molecule has 0 radical (unpaired) electrons. The second-order valence-corrected chi connectivity index (χ2v) is 6.63. The van der Waals surface area contributed by atoms with Crippen LogP contribution in [0.5, 0.6) is 0 Å². The van der Waals surface area contributed by atoms with E-state index in [2.05, 4.69) is 15.6 Å². The van der Waals surface area contributed by atoms with Gasteiger partial charge in [0, 0.05) is 28.4 Å². The van der Waals surface area contributed by atoms with Crippen LogP contribution in [0.2, 0.25) is 0 Å². The lowest BCUT2D eigenvalue weighted by molar-refractivity contribution is -0.117. The van der Waals surface area contributed by atoms with E-state index in [0.717, 1.165) is 29.4 Å². The van der Waals surface area contributed by atoms with E-state index in [1.807, 2.05) is 43.3 Å². The van der Waals surface area contributed by atoms with E-state index in [-0.39, 0.29) is 17.7 Å². The average Bonchev–Trinajstić information content (AvgIpc) is 3.46. The number of hydrogen-bond donors (Lipinski definition) is 2. The van der Waals surface area contributed by atoms with Crippen LogP contribution in [0.15, 0.2) is 54.6 Å². The Morgan fingerprint density at radius 2 is 1.69 bits per heavy atom. The number of aryl methyl sites for hydroxylation is 1. The molecule has 1 saturated carbocycles. The molecule has 130 valence electrons. The largest absolute Gasteiger partial charge is 0.326 e. The molecule has 5 heteroatoms. The second-order valence-electron chi connectivity index (χ2n) is 6.63. The van der Waals surface area contributed by atoms with Crippen LogP contribution in [-0.2, 0) is 4.79 Å².